The number of sulfonamides is 1. The predicted molar refractivity (Wildman–Crippen MR) is 132 cm³/mol. The highest BCUT2D eigenvalue weighted by atomic mass is 32.2. The van der Waals surface area contributed by atoms with Crippen LogP contribution in [0.15, 0.2) is 59.5 Å². The molecule has 4 atom stereocenters. The molecule has 8 nitrogen and oxygen atoms in total. The number of nitrogens with zero attached hydrogens (tertiary/aromatic N) is 1. The highest BCUT2D eigenvalue weighted by Crippen LogP contribution is 2.58. The lowest BCUT2D eigenvalue weighted by molar-refractivity contribution is -0.179. The van der Waals surface area contributed by atoms with Crippen molar-refractivity contribution in [2.75, 3.05) is 19.8 Å². The van der Waals surface area contributed by atoms with E-state index in [0.717, 1.165) is 15.6 Å². The lowest BCUT2D eigenvalue weighted by Crippen LogP contribution is -2.52. The zero-order valence-electron chi connectivity index (χ0n) is 21.0. The van der Waals surface area contributed by atoms with E-state index in [0.29, 0.717) is 0 Å². The summed E-state index contributed by atoms with van der Waals surface area (Å²) in [5.41, 5.74) is 0.136. The Balaban J connectivity index is 1.87. The molecule has 194 valence electrons. The topological polar surface area (TPSA) is 99.2 Å². The first-order valence-corrected chi connectivity index (χ1v) is 13.8. The van der Waals surface area contributed by atoms with Gasteiger partial charge in [0.05, 0.1) is 30.8 Å². The number of benzene rings is 2. The number of rotatable bonds is 8. The van der Waals surface area contributed by atoms with E-state index in [2.05, 4.69) is 0 Å². The van der Waals surface area contributed by atoms with Gasteiger partial charge in [-0.1, -0.05) is 59.4 Å². The molecule has 0 N–H and O–H groups in total. The van der Waals surface area contributed by atoms with Crippen LogP contribution in [0.25, 0.3) is 0 Å². The van der Waals surface area contributed by atoms with Crippen LogP contribution in [0.2, 0.25) is 0 Å². The largest absolute Gasteiger partial charge is 0.465 e. The number of aryl methyl sites for hydroxylation is 1. The standard InChI is InChI=1S/C27H33NO7S/c1-5-33-25(29)27(26(30)34-6-2)16-21-17-35-28(36(31,32)22-14-12-18(3)13-15-22)24(21)23(27)19(4)20-10-8-7-9-11-20/h7-15,19,21,23-24H,5-6,16-17H2,1-4H3/t19-,21-,23-,24+/m0/s1. The Morgan fingerprint density at radius 2 is 1.61 bits per heavy atom. The van der Waals surface area contributed by atoms with Crippen molar-refractivity contribution in [3.63, 3.8) is 0 Å². The van der Waals surface area contributed by atoms with Crippen molar-refractivity contribution in [2.45, 2.75) is 51.0 Å². The van der Waals surface area contributed by atoms with Gasteiger partial charge in [-0.2, -0.15) is 0 Å². The first kappa shape index (κ1) is 26.3. The van der Waals surface area contributed by atoms with Gasteiger partial charge in [0, 0.05) is 11.8 Å². The Bertz CT molecular complexity index is 1180. The van der Waals surface area contributed by atoms with Crippen molar-refractivity contribution in [1.29, 1.82) is 0 Å². The second-order valence-electron chi connectivity index (χ2n) is 9.46. The average Bonchev–Trinajstić information content (AvgIpc) is 3.42. The highest BCUT2D eigenvalue weighted by molar-refractivity contribution is 7.89. The Morgan fingerprint density at radius 1 is 1.03 bits per heavy atom. The minimum atomic E-state index is -4.08. The van der Waals surface area contributed by atoms with Gasteiger partial charge in [-0.25, -0.2) is 8.42 Å². The molecule has 2 fully saturated rings. The number of hydrogen-bond donors (Lipinski definition) is 0. The Morgan fingerprint density at radius 3 is 2.17 bits per heavy atom. The Hall–Kier alpha value is -2.75. The van der Waals surface area contributed by atoms with Crippen molar-refractivity contribution in [2.24, 2.45) is 17.3 Å². The van der Waals surface area contributed by atoms with Crippen LogP contribution in [0.5, 0.6) is 0 Å². The van der Waals surface area contributed by atoms with Crippen LogP contribution < -0.4 is 0 Å². The third-order valence-corrected chi connectivity index (χ3v) is 9.05. The molecule has 1 aliphatic heterocycles. The average molecular weight is 516 g/mol. The van der Waals surface area contributed by atoms with Gasteiger partial charge in [0.15, 0.2) is 5.41 Å². The van der Waals surface area contributed by atoms with E-state index in [1.165, 1.54) is 12.1 Å². The molecule has 0 aromatic heterocycles. The fourth-order valence-corrected chi connectivity index (χ4v) is 7.25. The summed E-state index contributed by atoms with van der Waals surface area (Å²) >= 11 is 0. The van der Waals surface area contributed by atoms with E-state index in [1.54, 1.807) is 26.0 Å². The molecule has 4 rings (SSSR count). The van der Waals surface area contributed by atoms with E-state index >= 15 is 0 Å². The molecule has 36 heavy (non-hydrogen) atoms. The van der Waals surface area contributed by atoms with Crippen LogP contribution in [0.4, 0.5) is 0 Å². The summed E-state index contributed by atoms with van der Waals surface area (Å²) in [7, 11) is -4.08. The molecule has 0 bridgehead atoms. The van der Waals surface area contributed by atoms with E-state index < -0.39 is 45.3 Å². The summed E-state index contributed by atoms with van der Waals surface area (Å²) in [6.07, 6.45) is 0.0804. The quantitative estimate of drug-likeness (QED) is 0.389. The summed E-state index contributed by atoms with van der Waals surface area (Å²) in [5.74, 6) is -2.91. The summed E-state index contributed by atoms with van der Waals surface area (Å²) in [5, 5.41) is 0. The van der Waals surface area contributed by atoms with Gasteiger partial charge in [-0.3, -0.25) is 14.4 Å². The fourth-order valence-electron chi connectivity index (χ4n) is 5.74. The SMILES string of the molecule is CCOC(=O)C1(C(=O)OCC)C[C@H]2CON(S(=O)(=O)c3ccc(C)cc3)[C@H]2[C@@H]1[C@@H](C)c1ccccc1. The molecule has 1 saturated heterocycles. The molecule has 0 unspecified atom stereocenters. The number of fused-ring (bicyclic) bond motifs is 1. The number of hydroxylamine groups is 1. The van der Waals surface area contributed by atoms with Crippen LogP contribution in [0.1, 0.15) is 44.2 Å². The second-order valence-corrected chi connectivity index (χ2v) is 11.2. The minimum absolute atomic E-state index is 0.0638. The van der Waals surface area contributed by atoms with Crippen molar-refractivity contribution in [3.05, 3.63) is 65.7 Å². The normalized spacial score (nSPS) is 24.2. The molecule has 2 aromatic carbocycles. The van der Waals surface area contributed by atoms with Crippen LogP contribution in [-0.4, -0.2) is 50.7 Å². The lowest BCUT2D eigenvalue weighted by atomic mass is 9.69. The zero-order chi connectivity index (χ0) is 26.1. The first-order chi connectivity index (χ1) is 17.2. The third kappa shape index (κ3) is 4.33. The number of carbonyl (C=O) groups is 2. The Labute approximate surface area is 212 Å². The van der Waals surface area contributed by atoms with E-state index in [9.17, 15) is 18.0 Å². The summed E-state index contributed by atoms with van der Waals surface area (Å²) in [6, 6.07) is 15.2. The molecule has 9 heteroatoms. The van der Waals surface area contributed by atoms with E-state index in [4.69, 9.17) is 14.3 Å². The van der Waals surface area contributed by atoms with Gasteiger partial charge in [0.1, 0.15) is 0 Å². The van der Waals surface area contributed by atoms with Crippen LogP contribution in [0.3, 0.4) is 0 Å². The first-order valence-electron chi connectivity index (χ1n) is 12.3. The highest BCUT2D eigenvalue weighted by Gasteiger charge is 2.70. The Kier molecular flexibility index (Phi) is 7.54. The van der Waals surface area contributed by atoms with Gasteiger partial charge in [0.25, 0.3) is 10.0 Å². The molecule has 0 radical (unpaired) electrons. The van der Waals surface area contributed by atoms with Crippen molar-refractivity contribution < 1.29 is 32.3 Å². The van der Waals surface area contributed by atoms with Gasteiger partial charge >= 0.3 is 11.9 Å². The van der Waals surface area contributed by atoms with Crippen molar-refractivity contribution in [3.8, 4) is 0 Å². The molecular weight excluding hydrogens is 482 g/mol. The third-order valence-electron chi connectivity index (χ3n) is 7.36. The monoisotopic (exact) mass is 515 g/mol. The van der Waals surface area contributed by atoms with Gasteiger partial charge in [-0.05, 0) is 50.8 Å². The van der Waals surface area contributed by atoms with Crippen molar-refractivity contribution >= 4 is 22.0 Å². The molecule has 0 spiro atoms. The fraction of sp³-hybridized carbons (Fsp3) is 0.481. The van der Waals surface area contributed by atoms with Crippen molar-refractivity contribution in [1.82, 2.24) is 4.47 Å². The molecule has 1 aliphatic carbocycles. The van der Waals surface area contributed by atoms with Gasteiger partial charge in [0.2, 0.25) is 0 Å². The predicted octanol–water partition coefficient (Wildman–Crippen LogP) is 3.85. The summed E-state index contributed by atoms with van der Waals surface area (Å²) in [6.45, 7) is 7.38. The molecule has 1 saturated carbocycles. The van der Waals surface area contributed by atoms with Crippen LogP contribution >= 0.6 is 0 Å². The number of esters is 2. The van der Waals surface area contributed by atoms with E-state index in [1.807, 2.05) is 44.2 Å². The molecule has 0 amide bonds. The molecular formula is C27H33NO7S. The second kappa shape index (κ2) is 10.3. The molecule has 2 aromatic rings. The number of carbonyl (C=O) groups excluding carboxylic acids is 2. The maximum Gasteiger partial charge on any atom is 0.323 e. The molecule has 1 heterocycles. The maximum absolute atomic E-state index is 13.8. The minimum Gasteiger partial charge on any atom is -0.465 e. The maximum atomic E-state index is 13.8. The number of ether oxygens (including phenoxy) is 2. The smallest absolute Gasteiger partial charge is 0.323 e. The zero-order valence-corrected chi connectivity index (χ0v) is 21.9. The van der Waals surface area contributed by atoms with Crippen LogP contribution in [0, 0.1) is 24.2 Å². The molecule has 2 aliphatic rings. The van der Waals surface area contributed by atoms with Gasteiger partial charge < -0.3 is 9.47 Å². The van der Waals surface area contributed by atoms with Crippen LogP contribution in [-0.2, 0) is 33.9 Å². The van der Waals surface area contributed by atoms with Gasteiger partial charge in [-0.15, -0.1) is 0 Å². The summed E-state index contributed by atoms with van der Waals surface area (Å²) < 4.78 is 39.4. The lowest BCUT2D eigenvalue weighted by Gasteiger charge is -2.38. The number of hydrogen-bond acceptors (Lipinski definition) is 7. The van der Waals surface area contributed by atoms with E-state index in [-0.39, 0.29) is 37.1 Å². The summed E-state index contributed by atoms with van der Waals surface area (Å²) in [4.78, 5) is 33.1.